The highest BCUT2D eigenvalue weighted by molar-refractivity contribution is 5.89. The molecule has 0 aliphatic heterocycles. The van der Waals surface area contributed by atoms with Crippen molar-refractivity contribution in [1.82, 2.24) is 9.97 Å². The minimum Gasteiger partial charge on any atom is -0.299 e. The number of halogens is 1. The summed E-state index contributed by atoms with van der Waals surface area (Å²) in [7, 11) is 0. The highest BCUT2D eigenvalue weighted by Crippen LogP contribution is 2.64. The number of benzene rings is 1. The van der Waals surface area contributed by atoms with Crippen LogP contribution in [-0.4, -0.2) is 15.8 Å². The quantitative estimate of drug-likeness (QED) is 0.507. The van der Waals surface area contributed by atoms with Crippen LogP contribution in [-0.2, 0) is 11.2 Å². The second-order valence-corrected chi connectivity index (χ2v) is 10.3. The number of nitriles is 1. The van der Waals surface area contributed by atoms with Gasteiger partial charge < -0.3 is 0 Å². The fraction of sp³-hybridized carbons (Fsp3) is 0.429. The first kappa shape index (κ1) is 20.5. The molecule has 1 aromatic carbocycles. The maximum absolute atomic E-state index is 13.9. The Bertz CT molecular complexity index is 1260. The van der Waals surface area contributed by atoms with Crippen LogP contribution in [0.3, 0.4) is 0 Å². The van der Waals surface area contributed by atoms with Crippen molar-refractivity contribution in [3.05, 3.63) is 71.4 Å². The summed E-state index contributed by atoms with van der Waals surface area (Å²) in [6, 6.07) is 12.5. The van der Waals surface area contributed by atoms with Gasteiger partial charge in [-0.15, -0.1) is 0 Å². The zero-order valence-electron chi connectivity index (χ0n) is 18.5. The summed E-state index contributed by atoms with van der Waals surface area (Å²) in [5.41, 5.74) is 3.25. The Morgan fingerprint density at radius 2 is 1.85 bits per heavy atom. The molecule has 6 rings (SSSR count). The molecule has 166 valence electrons. The van der Waals surface area contributed by atoms with E-state index in [1.54, 1.807) is 24.4 Å². The summed E-state index contributed by atoms with van der Waals surface area (Å²) in [6.07, 6.45) is 10.5. The molecule has 5 heteroatoms. The third-order valence-corrected chi connectivity index (χ3v) is 8.62. The van der Waals surface area contributed by atoms with Gasteiger partial charge in [-0.3, -0.25) is 9.78 Å². The lowest BCUT2D eigenvalue weighted by atomic mass is 9.79. The molecule has 0 amide bonds. The van der Waals surface area contributed by atoms with Crippen molar-refractivity contribution < 1.29 is 9.18 Å². The van der Waals surface area contributed by atoms with Crippen molar-refractivity contribution in [2.75, 3.05) is 0 Å². The average molecular weight is 440 g/mol. The molecule has 2 unspecified atom stereocenters. The number of nitrogens with zero attached hydrogens (tertiary/aromatic N) is 3. The van der Waals surface area contributed by atoms with Crippen LogP contribution in [0, 0.1) is 40.3 Å². The van der Waals surface area contributed by atoms with Gasteiger partial charge in [-0.05, 0) is 104 Å². The van der Waals surface area contributed by atoms with Gasteiger partial charge in [0, 0.05) is 29.6 Å². The van der Waals surface area contributed by atoms with E-state index in [0.29, 0.717) is 41.6 Å². The lowest BCUT2D eigenvalue weighted by Crippen LogP contribution is -2.26. The number of pyridine rings is 2. The minimum absolute atomic E-state index is 0.139. The third kappa shape index (κ3) is 3.53. The second kappa shape index (κ2) is 7.73. The highest BCUT2D eigenvalue weighted by Gasteiger charge is 2.58. The number of hydrogen-bond donors (Lipinski definition) is 0. The minimum atomic E-state index is -0.207. The Kier molecular flexibility index (Phi) is 4.79. The second-order valence-electron chi connectivity index (χ2n) is 10.3. The number of Topliss-reactive ketones (excluding diaryl/α,β-unsaturated/α-hetero) is 1. The van der Waals surface area contributed by atoms with Crippen molar-refractivity contribution in [2.24, 2.45) is 23.2 Å². The van der Waals surface area contributed by atoms with E-state index in [1.807, 2.05) is 18.3 Å². The average Bonchev–Trinajstić information content (AvgIpc) is 3.40. The molecule has 0 saturated heterocycles. The molecule has 2 aromatic heterocycles. The largest absolute Gasteiger partial charge is 0.299 e. The molecule has 0 radical (unpaired) electrons. The van der Waals surface area contributed by atoms with Crippen molar-refractivity contribution in [3.8, 4) is 6.07 Å². The number of hydrogen-bond acceptors (Lipinski definition) is 4. The van der Waals surface area contributed by atoms with E-state index in [-0.39, 0.29) is 11.2 Å². The van der Waals surface area contributed by atoms with Crippen LogP contribution >= 0.6 is 0 Å². The fourth-order valence-corrected chi connectivity index (χ4v) is 6.82. The Hall–Kier alpha value is -3.13. The van der Waals surface area contributed by atoms with Gasteiger partial charge in [0.05, 0.1) is 5.52 Å². The maximum atomic E-state index is 13.9. The molecule has 4 atom stereocenters. The van der Waals surface area contributed by atoms with Gasteiger partial charge in [0.1, 0.15) is 23.4 Å². The third-order valence-electron chi connectivity index (χ3n) is 8.62. The molecule has 0 spiro atoms. The van der Waals surface area contributed by atoms with E-state index in [2.05, 4.69) is 16.0 Å². The first-order chi connectivity index (χ1) is 16.1. The summed E-state index contributed by atoms with van der Waals surface area (Å²) in [5.74, 6) is 2.38. The zero-order valence-corrected chi connectivity index (χ0v) is 18.5. The summed E-state index contributed by atoms with van der Waals surface area (Å²) in [5, 5.41) is 9.88. The summed E-state index contributed by atoms with van der Waals surface area (Å²) >= 11 is 0. The summed E-state index contributed by atoms with van der Waals surface area (Å²) in [4.78, 5) is 21.8. The maximum Gasteiger partial charge on any atom is 0.143 e. The van der Waals surface area contributed by atoms with E-state index < -0.39 is 0 Å². The van der Waals surface area contributed by atoms with E-state index in [4.69, 9.17) is 5.26 Å². The Morgan fingerprint density at radius 1 is 1.06 bits per heavy atom. The lowest BCUT2D eigenvalue weighted by molar-refractivity contribution is -0.125. The molecule has 33 heavy (non-hydrogen) atoms. The van der Waals surface area contributed by atoms with Gasteiger partial charge in [0.2, 0.25) is 0 Å². The molecule has 3 fully saturated rings. The summed E-state index contributed by atoms with van der Waals surface area (Å²) in [6.45, 7) is 0. The molecule has 3 aliphatic carbocycles. The SMILES string of the molecule is N#Cc1ccc(CC(=O)C2(C3C[C@H]4CC(c5ccnc6ccc(F)cc56)C[C@H]4C3)CC2)cn1. The number of ketones is 1. The van der Waals surface area contributed by atoms with E-state index in [1.165, 1.54) is 11.6 Å². The molecule has 4 nitrogen and oxygen atoms in total. The van der Waals surface area contributed by atoms with Gasteiger partial charge in [-0.25, -0.2) is 9.37 Å². The van der Waals surface area contributed by atoms with E-state index >= 15 is 0 Å². The number of fused-ring (bicyclic) bond motifs is 2. The standard InChI is InChI=1S/C28H26FN3O/c29-22-2-4-26-25(14-22)24(5-8-31-26)20-10-18-12-21(13-19(18)11-20)28(6-7-28)27(33)9-17-1-3-23(15-30)32-16-17/h1-5,8,14,16,18-21H,6-7,9-13H2/t18-,19+,20?,21?. The zero-order chi connectivity index (χ0) is 22.6. The molecule has 0 N–H and O–H groups in total. The monoisotopic (exact) mass is 439 g/mol. The molecule has 3 saturated carbocycles. The van der Waals surface area contributed by atoms with Crippen LogP contribution in [0.1, 0.15) is 61.3 Å². The smallest absolute Gasteiger partial charge is 0.143 e. The Morgan fingerprint density at radius 3 is 2.52 bits per heavy atom. The molecule has 2 heterocycles. The number of rotatable bonds is 5. The predicted octanol–water partition coefficient (Wildman–Crippen LogP) is 5.75. The van der Waals surface area contributed by atoms with E-state index in [0.717, 1.165) is 55.0 Å². The summed E-state index contributed by atoms with van der Waals surface area (Å²) < 4.78 is 13.9. The number of aromatic nitrogens is 2. The predicted molar refractivity (Wildman–Crippen MR) is 123 cm³/mol. The Balaban J connectivity index is 1.15. The van der Waals surface area contributed by atoms with Gasteiger partial charge in [0.25, 0.3) is 0 Å². The molecule has 3 aliphatic rings. The van der Waals surface area contributed by atoms with Gasteiger partial charge in [0.15, 0.2) is 0 Å². The number of carbonyl (C=O) groups is 1. The molecule has 3 aromatic rings. The number of carbonyl (C=O) groups excluding carboxylic acids is 1. The van der Waals surface area contributed by atoms with E-state index in [9.17, 15) is 9.18 Å². The molecule has 0 bridgehead atoms. The first-order valence-electron chi connectivity index (χ1n) is 12.0. The van der Waals surface area contributed by atoms with Gasteiger partial charge in [-0.1, -0.05) is 6.07 Å². The van der Waals surface area contributed by atoms with Crippen molar-refractivity contribution in [3.63, 3.8) is 0 Å². The first-order valence-corrected chi connectivity index (χ1v) is 12.0. The van der Waals surface area contributed by atoms with Crippen molar-refractivity contribution in [2.45, 2.75) is 50.9 Å². The van der Waals surface area contributed by atoms with Crippen LogP contribution in [0.5, 0.6) is 0 Å². The highest BCUT2D eigenvalue weighted by atomic mass is 19.1. The van der Waals surface area contributed by atoms with Crippen molar-refractivity contribution in [1.29, 1.82) is 5.26 Å². The van der Waals surface area contributed by atoms with Crippen LogP contribution in [0.2, 0.25) is 0 Å². The fourth-order valence-electron chi connectivity index (χ4n) is 6.82. The van der Waals surface area contributed by atoms with Crippen LogP contribution in [0.4, 0.5) is 4.39 Å². The van der Waals surface area contributed by atoms with Gasteiger partial charge in [-0.2, -0.15) is 5.26 Å². The van der Waals surface area contributed by atoms with Gasteiger partial charge >= 0.3 is 0 Å². The van der Waals surface area contributed by atoms with Crippen molar-refractivity contribution >= 4 is 16.7 Å². The molecular weight excluding hydrogens is 413 g/mol. The van der Waals surface area contributed by atoms with Crippen LogP contribution in [0.25, 0.3) is 10.9 Å². The molecular formula is C28H26FN3O. The van der Waals surface area contributed by atoms with Crippen LogP contribution < -0.4 is 0 Å². The normalized spacial score (nSPS) is 27.3. The topological polar surface area (TPSA) is 66.6 Å². The lowest BCUT2D eigenvalue weighted by Gasteiger charge is -2.24. The van der Waals surface area contributed by atoms with Crippen LogP contribution in [0.15, 0.2) is 48.8 Å². The Labute approximate surface area is 192 Å².